The van der Waals surface area contributed by atoms with E-state index in [1.807, 2.05) is 47.6 Å². The van der Waals surface area contributed by atoms with Crippen molar-refractivity contribution in [1.82, 2.24) is 0 Å². The molecule has 37 heavy (non-hydrogen) atoms. The Hall–Kier alpha value is -0.770. The number of ketones is 3. The molecule has 0 aliphatic rings. The standard InChI is InChI=1S/C10H18O.C8H17O2P.C6H11ClO.C5H9ClO/c1-8(2)5-6-10(11)7-9(3)4;1-7(2)5-8(9)6-11(3,4)10;1-5(2)3-6(8)4-7;1-4(2)3-5(6)7/h5-6,8-9H,7H2,1-4H3;7H,5-6H2,1-4H3;5H,3-4H2,1-2H3;4H,3H2,1-2H3/b6-5+;;;. The van der Waals surface area contributed by atoms with Gasteiger partial charge in [0, 0.05) is 25.7 Å². The van der Waals surface area contributed by atoms with E-state index in [4.69, 9.17) is 23.2 Å². The molecule has 0 rings (SSSR count). The van der Waals surface area contributed by atoms with Crippen LogP contribution in [-0.2, 0) is 23.7 Å². The van der Waals surface area contributed by atoms with E-state index in [0.717, 1.165) is 0 Å². The smallest absolute Gasteiger partial charge is 0.221 e. The quantitative estimate of drug-likeness (QED) is 0.0934. The minimum atomic E-state index is -2.13. The van der Waals surface area contributed by atoms with Crippen LogP contribution >= 0.6 is 30.3 Å². The van der Waals surface area contributed by atoms with Crippen molar-refractivity contribution in [3.63, 3.8) is 0 Å². The first-order valence-electron chi connectivity index (χ1n) is 13.1. The Bertz CT molecular complexity index is 705. The van der Waals surface area contributed by atoms with Crippen LogP contribution in [0.2, 0.25) is 0 Å². The normalized spacial score (nSPS) is 11.1. The minimum Gasteiger partial charge on any atom is -0.324 e. The van der Waals surface area contributed by atoms with Gasteiger partial charge >= 0.3 is 0 Å². The average molecular weight is 586 g/mol. The molecule has 0 radical (unpaired) electrons. The van der Waals surface area contributed by atoms with Crippen LogP contribution < -0.4 is 0 Å². The maximum absolute atomic E-state index is 11.2. The predicted octanol–water partition coefficient (Wildman–Crippen LogP) is 8.68. The summed E-state index contributed by atoms with van der Waals surface area (Å²) in [6.45, 7) is 23.5. The Morgan fingerprint density at radius 1 is 0.676 bits per heavy atom. The summed E-state index contributed by atoms with van der Waals surface area (Å²) in [6.07, 6.45) is 6.25. The fourth-order valence-electron chi connectivity index (χ4n) is 2.55. The van der Waals surface area contributed by atoms with Gasteiger partial charge in [0.25, 0.3) is 0 Å². The Labute approximate surface area is 238 Å². The fraction of sp³-hybridized carbons (Fsp3) is 0.793. The molecule has 0 aromatic carbocycles. The summed E-state index contributed by atoms with van der Waals surface area (Å²) in [5.74, 6) is 2.85. The largest absolute Gasteiger partial charge is 0.324 e. The van der Waals surface area contributed by atoms with Crippen LogP contribution in [0.25, 0.3) is 0 Å². The van der Waals surface area contributed by atoms with Gasteiger partial charge in [-0.15, -0.1) is 11.6 Å². The molecule has 0 aromatic heterocycles. The van der Waals surface area contributed by atoms with E-state index in [2.05, 4.69) is 27.7 Å². The van der Waals surface area contributed by atoms with Crippen LogP contribution in [0, 0.1) is 29.6 Å². The van der Waals surface area contributed by atoms with Crippen molar-refractivity contribution in [2.45, 2.75) is 94.9 Å². The van der Waals surface area contributed by atoms with Gasteiger partial charge in [-0.1, -0.05) is 75.3 Å². The highest BCUT2D eigenvalue weighted by molar-refractivity contribution is 7.63. The van der Waals surface area contributed by atoms with Crippen molar-refractivity contribution >= 4 is 52.9 Å². The van der Waals surface area contributed by atoms with E-state index in [1.54, 1.807) is 19.4 Å². The van der Waals surface area contributed by atoms with Crippen molar-refractivity contribution in [2.24, 2.45) is 29.6 Å². The third-order valence-electron chi connectivity index (χ3n) is 3.82. The van der Waals surface area contributed by atoms with Crippen LogP contribution in [0.4, 0.5) is 0 Å². The van der Waals surface area contributed by atoms with E-state index < -0.39 is 7.14 Å². The Kier molecular flexibility index (Phi) is 29.8. The first-order chi connectivity index (χ1) is 16.6. The van der Waals surface area contributed by atoms with E-state index in [-0.39, 0.29) is 34.6 Å². The number of halogens is 2. The van der Waals surface area contributed by atoms with Crippen molar-refractivity contribution in [3.8, 4) is 0 Å². The first kappa shape index (κ1) is 43.3. The molecule has 0 aliphatic heterocycles. The zero-order valence-corrected chi connectivity index (χ0v) is 27.9. The molecule has 0 unspecified atom stereocenters. The number of allylic oxidation sites excluding steroid dienone is 2. The molecule has 0 bridgehead atoms. The molecular weight excluding hydrogens is 530 g/mol. The monoisotopic (exact) mass is 584 g/mol. The molecule has 0 fully saturated rings. The maximum atomic E-state index is 11.2. The highest BCUT2D eigenvalue weighted by Crippen LogP contribution is 2.35. The van der Waals surface area contributed by atoms with Gasteiger partial charge in [0.15, 0.2) is 5.78 Å². The highest BCUT2D eigenvalue weighted by Gasteiger charge is 2.14. The second kappa shape index (κ2) is 25.5. The van der Waals surface area contributed by atoms with E-state index >= 15 is 0 Å². The van der Waals surface area contributed by atoms with Crippen molar-refractivity contribution in [3.05, 3.63) is 12.2 Å². The molecule has 8 heteroatoms. The minimum absolute atomic E-state index is 0.133. The van der Waals surface area contributed by atoms with Crippen LogP contribution in [0.15, 0.2) is 12.2 Å². The molecule has 0 heterocycles. The van der Waals surface area contributed by atoms with Crippen LogP contribution in [-0.4, -0.2) is 48.0 Å². The van der Waals surface area contributed by atoms with Gasteiger partial charge in [-0.2, -0.15) is 0 Å². The number of Topliss-reactive ketones (excluding diaryl/α,β-unsaturated/α-hetero) is 2. The molecule has 5 nitrogen and oxygen atoms in total. The molecule has 0 aromatic rings. The molecule has 0 N–H and O–H groups in total. The van der Waals surface area contributed by atoms with E-state index in [9.17, 15) is 23.7 Å². The molecule has 0 saturated carbocycles. The van der Waals surface area contributed by atoms with Gasteiger partial charge in [0.05, 0.1) is 19.2 Å². The number of carbonyl (C=O) groups excluding carboxylic acids is 4. The van der Waals surface area contributed by atoms with Gasteiger partial charge in [-0.3, -0.25) is 19.2 Å². The summed E-state index contributed by atoms with van der Waals surface area (Å²) in [5, 5.41) is -0.241. The topological polar surface area (TPSA) is 85.3 Å². The summed E-state index contributed by atoms with van der Waals surface area (Å²) >= 11 is 10.3. The van der Waals surface area contributed by atoms with Gasteiger partial charge in [-0.05, 0) is 60.6 Å². The highest BCUT2D eigenvalue weighted by atomic mass is 35.5. The van der Waals surface area contributed by atoms with Gasteiger partial charge < -0.3 is 4.57 Å². The third-order valence-corrected chi connectivity index (χ3v) is 5.39. The first-order valence-corrected chi connectivity index (χ1v) is 16.8. The van der Waals surface area contributed by atoms with Gasteiger partial charge in [-0.25, -0.2) is 0 Å². The summed E-state index contributed by atoms with van der Waals surface area (Å²) in [7, 11) is -2.13. The molecule has 220 valence electrons. The lowest BCUT2D eigenvalue weighted by Crippen LogP contribution is -2.07. The second-order valence-corrected chi connectivity index (χ2v) is 15.9. The lowest BCUT2D eigenvalue weighted by molar-refractivity contribution is -0.118. The zero-order chi connectivity index (χ0) is 30.4. The lowest BCUT2D eigenvalue weighted by Gasteiger charge is -2.06. The van der Waals surface area contributed by atoms with Crippen LogP contribution in [0.3, 0.4) is 0 Å². The van der Waals surface area contributed by atoms with Gasteiger partial charge in [0.1, 0.15) is 11.6 Å². The molecule has 0 atom stereocenters. The molecular formula is C29H55Cl2O5P. The van der Waals surface area contributed by atoms with Crippen LogP contribution in [0.1, 0.15) is 94.9 Å². The lowest BCUT2D eigenvalue weighted by atomic mass is 10.1. The van der Waals surface area contributed by atoms with Crippen LogP contribution in [0.5, 0.6) is 0 Å². The SMILES string of the molecule is CC(C)/C=C/C(=O)CC(C)C.CC(C)CC(=O)CCl.CC(C)CC(=O)CP(C)(C)=O.CC(C)CC(=O)Cl. The van der Waals surface area contributed by atoms with Crippen molar-refractivity contribution < 1.29 is 23.7 Å². The summed E-state index contributed by atoms with van der Waals surface area (Å²) in [4.78, 5) is 42.7. The maximum Gasteiger partial charge on any atom is 0.221 e. The zero-order valence-electron chi connectivity index (χ0n) is 25.5. The Morgan fingerprint density at radius 3 is 1.27 bits per heavy atom. The third kappa shape index (κ3) is 52.5. The number of hydrogen-bond donors (Lipinski definition) is 0. The number of alkyl halides is 1. The van der Waals surface area contributed by atoms with Crippen molar-refractivity contribution in [2.75, 3.05) is 25.4 Å². The van der Waals surface area contributed by atoms with Gasteiger partial charge in [0.2, 0.25) is 5.24 Å². The molecule has 0 aliphatic carbocycles. The molecule has 0 saturated heterocycles. The van der Waals surface area contributed by atoms with E-state index in [0.29, 0.717) is 55.3 Å². The second-order valence-electron chi connectivity index (χ2n) is 11.8. The van der Waals surface area contributed by atoms with Crippen molar-refractivity contribution in [1.29, 1.82) is 0 Å². The Balaban J connectivity index is -0.000000200. The fourth-order valence-corrected chi connectivity index (χ4v) is 3.94. The predicted molar refractivity (Wildman–Crippen MR) is 163 cm³/mol. The number of rotatable bonds is 13. The Morgan fingerprint density at radius 2 is 1.05 bits per heavy atom. The molecule has 0 spiro atoms. The average Bonchev–Trinajstić information content (AvgIpc) is 2.63. The summed E-state index contributed by atoms with van der Waals surface area (Å²) in [6, 6.07) is 0. The van der Waals surface area contributed by atoms with E-state index in [1.165, 1.54) is 0 Å². The molecule has 0 amide bonds. The number of carbonyl (C=O) groups is 4. The summed E-state index contributed by atoms with van der Waals surface area (Å²) in [5.41, 5.74) is 0. The summed E-state index contributed by atoms with van der Waals surface area (Å²) < 4.78 is 11.2. The number of hydrogen-bond acceptors (Lipinski definition) is 5.